The maximum atomic E-state index is 13.2. The van der Waals surface area contributed by atoms with Crippen LogP contribution >= 0.6 is 11.8 Å². The first-order valence-corrected chi connectivity index (χ1v) is 13.5. The summed E-state index contributed by atoms with van der Waals surface area (Å²) >= 11 is 1.54. The maximum absolute atomic E-state index is 13.2. The highest BCUT2D eigenvalue weighted by Gasteiger charge is 2.31. The fourth-order valence-electron chi connectivity index (χ4n) is 3.39. The lowest BCUT2D eigenvalue weighted by Crippen LogP contribution is -2.56. The first-order valence-electron chi connectivity index (χ1n) is 12.1. The SMILES string of the molecule is COC(=O)[C@H](Cc1ccccc1)NC(=O)[C@H](CC(C)C)NC(=O)[C@H](CCSC)NC(=O)OC(C)(C)C. The molecule has 0 aromatic heterocycles. The standard InChI is InChI=1S/C26H41N3O6S/c1-17(2)15-20(23(31)28-21(24(32)34-6)16-18-11-9-8-10-12-18)27-22(30)19(13-14-36-7)29-25(33)35-26(3,4)5/h8-12,17,19-21H,13-16H2,1-7H3,(H,27,30)(H,28,31)(H,29,33)/t19-,20-,21-/m0/s1. The largest absolute Gasteiger partial charge is 0.467 e. The Morgan fingerprint density at radius 2 is 1.50 bits per heavy atom. The lowest BCUT2D eigenvalue weighted by molar-refractivity contribution is -0.145. The highest BCUT2D eigenvalue weighted by molar-refractivity contribution is 7.98. The van der Waals surface area contributed by atoms with Gasteiger partial charge in [0.15, 0.2) is 0 Å². The van der Waals surface area contributed by atoms with Crippen LogP contribution in [0.1, 0.15) is 53.0 Å². The van der Waals surface area contributed by atoms with Gasteiger partial charge in [0.25, 0.3) is 0 Å². The van der Waals surface area contributed by atoms with E-state index in [-0.39, 0.29) is 12.3 Å². The molecule has 3 atom stereocenters. The minimum absolute atomic E-state index is 0.0789. The Hall–Kier alpha value is -2.75. The van der Waals surface area contributed by atoms with Gasteiger partial charge in [-0.25, -0.2) is 9.59 Å². The normalized spacial score (nSPS) is 13.8. The van der Waals surface area contributed by atoms with Crippen molar-refractivity contribution in [1.82, 2.24) is 16.0 Å². The molecule has 0 bridgehead atoms. The Kier molecular flexibility index (Phi) is 13.4. The average Bonchev–Trinajstić information content (AvgIpc) is 2.79. The number of hydrogen-bond donors (Lipinski definition) is 3. The number of hydrogen-bond acceptors (Lipinski definition) is 7. The van der Waals surface area contributed by atoms with Gasteiger partial charge >= 0.3 is 12.1 Å². The summed E-state index contributed by atoms with van der Waals surface area (Å²) in [6.07, 6.45) is 2.15. The highest BCUT2D eigenvalue weighted by Crippen LogP contribution is 2.11. The summed E-state index contributed by atoms with van der Waals surface area (Å²) in [5, 5.41) is 8.12. The summed E-state index contributed by atoms with van der Waals surface area (Å²) in [4.78, 5) is 51.1. The number of benzene rings is 1. The van der Waals surface area contributed by atoms with Crippen molar-refractivity contribution in [3.05, 3.63) is 35.9 Å². The third kappa shape index (κ3) is 12.3. The number of amides is 3. The summed E-state index contributed by atoms with van der Waals surface area (Å²) in [7, 11) is 1.26. The summed E-state index contributed by atoms with van der Waals surface area (Å²) in [6.45, 7) is 9.07. The topological polar surface area (TPSA) is 123 Å². The van der Waals surface area contributed by atoms with Crippen LogP contribution in [0.2, 0.25) is 0 Å². The molecule has 10 heteroatoms. The van der Waals surface area contributed by atoms with Gasteiger partial charge in [-0.15, -0.1) is 0 Å². The molecule has 202 valence electrons. The average molecular weight is 524 g/mol. The molecule has 9 nitrogen and oxygen atoms in total. The third-order valence-corrected chi connectivity index (χ3v) is 5.69. The summed E-state index contributed by atoms with van der Waals surface area (Å²) < 4.78 is 10.2. The molecule has 3 amide bonds. The lowest BCUT2D eigenvalue weighted by Gasteiger charge is -2.27. The Morgan fingerprint density at radius 1 is 0.917 bits per heavy atom. The van der Waals surface area contributed by atoms with Crippen molar-refractivity contribution < 1.29 is 28.7 Å². The van der Waals surface area contributed by atoms with E-state index in [0.717, 1.165) is 5.56 Å². The summed E-state index contributed by atoms with van der Waals surface area (Å²) in [5.41, 5.74) is 0.142. The van der Waals surface area contributed by atoms with Gasteiger partial charge in [-0.2, -0.15) is 11.8 Å². The van der Waals surface area contributed by atoms with Crippen molar-refractivity contribution in [2.75, 3.05) is 19.1 Å². The summed E-state index contributed by atoms with van der Waals surface area (Å²) in [5.74, 6) is -0.865. The van der Waals surface area contributed by atoms with Crippen LogP contribution in [-0.4, -0.2) is 66.7 Å². The van der Waals surface area contributed by atoms with Crippen LogP contribution in [0.15, 0.2) is 30.3 Å². The fraction of sp³-hybridized carbons (Fsp3) is 0.615. The minimum atomic E-state index is -0.913. The Bertz CT molecular complexity index is 857. The zero-order chi connectivity index (χ0) is 27.3. The van der Waals surface area contributed by atoms with Crippen LogP contribution in [0.4, 0.5) is 4.79 Å². The van der Waals surface area contributed by atoms with Gasteiger partial charge in [0.1, 0.15) is 23.7 Å². The van der Waals surface area contributed by atoms with E-state index >= 15 is 0 Å². The number of carbonyl (C=O) groups excluding carboxylic acids is 4. The Labute approximate surface area is 218 Å². The van der Waals surface area contributed by atoms with Crippen LogP contribution < -0.4 is 16.0 Å². The smallest absolute Gasteiger partial charge is 0.408 e. The van der Waals surface area contributed by atoms with Gasteiger partial charge in [-0.3, -0.25) is 9.59 Å². The van der Waals surface area contributed by atoms with Crippen LogP contribution in [0, 0.1) is 5.92 Å². The van der Waals surface area contributed by atoms with Crippen molar-refractivity contribution in [3.63, 3.8) is 0 Å². The van der Waals surface area contributed by atoms with Gasteiger partial charge < -0.3 is 25.4 Å². The quantitative estimate of drug-likeness (QED) is 0.340. The van der Waals surface area contributed by atoms with Crippen LogP contribution in [0.5, 0.6) is 0 Å². The molecule has 1 aromatic carbocycles. The number of esters is 1. The van der Waals surface area contributed by atoms with E-state index in [9.17, 15) is 19.2 Å². The number of rotatable bonds is 13. The second kappa shape index (κ2) is 15.4. The van der Waals surface area contributed by atoms with Gasteiger partial charge in [-0.05, 0) is 57.1 Å². The van der Waals surface area contributed by atoms with Gasteiger partial charge in [0.05, 0.1) is 7.11 Å². The predicted molar refractivity (Wildman–Crippen MR) is 142 cm³/mol. The van der Waals surface area contributed by atoms with E-state index in [1.54, 1.807) is 20.8 Å². The van der Waals surface area contributed by atoms with Crippen molar-refractivity contribution >= 4 is 35.6 Å². The second-order valence-corrected chi connectivity index (χ2v) is 10.9. The molecular formula is C26H41N3O6S. The molecule has 0 unspecified atom stereocenters. The number of thioether (sulfide) groups is 1. The van der Waals surface area contributed by atoms with Crippen LogP contribution in [-0.2, 0) is 30.3 Å². The zero-order valence-electron chi connectivity index (χ0n) is 22.4. The molecule has 36 heavy (non-hydrogen) atoms. The zero-order valence-corrected chi connectivity index (χ0v) is 23.2. The monoisotopic (exact) mass is 523 g/mol. The predicted octanol–water partition coefficient (Wildman–Crippen LogP) is 3.06. The number of nitrogens with one attached hydrogen (secondary N) is 3. The maximum Gasteiger partial charge on any atom is 0.408 e. The van der Waals surface area contributed by atoms with Crippen LogP contribution in [0.3, 0.4) is 0 Å². The van der Waals surface area contributed by atoms with E-state index in [1.807, 2.05) is 50.4 Å². The van der Waals surface area contributed by atoms with E-state index < -0.39 is 47.6 Å². The molecule has 1 aromatic rings. The van der Waals surface area contributed by atoms with Crippen molar-refractivity contribution in [2.24, 2.45) is 5.92 Å². The van der Waals surface area contributed by atoms with Gasteiger partial charge in [0.2, 0.25) is 11.8 Å². The van der Waals surface area contributed by atoms with E-state index in [4.69, 9.17) is 9.47 Å². The van der Waals surface area contributed by atoms with Crippen molar-refractivity contribution in [3.8, 4) is 0 Å². The summed E-state index contributed by atoms with van der Waals surface area (Å²) in [6, 6.07) is 6.57. The first-order chi connectivity index (χ1) is 16.9. The Morgan fingerprint density at radius 3 is 2.03 bits per heavy atom. The fourth-order valence-corrected chi connectivity index (χ4v) is 3.86. The molecule has 0 saturated carbocycles. The molecule has 0 aliphatic rings. The van der Waals surface area contributed by atoms with E-state index in [0.29, 0.717) is 18.6 Å². The Balaban J connectivity index is 3.01. The molecule has 3 N–H and O–H groups in total. The molecule has 0 spiro atoms. The molecular weight excluding hydrogens is 482 g/mol. The molecule has 0 heterocycles. The molecule has 0 aliphatic carbocycles. The van der Waals surface area contributed by atoms with Gasteiger partial charge in [0, 0.05) is 6.42 Å². The number of alkyl carbamates (subject to hydrolysis) is 1. The van der Waals surface area contributed by atoms with Crippen molar-refractivity contribution in [2.45, 2.75) is 77.6 Å². The van der Waals surface area contributed by atoms with E-state index in [2.05, 4.69) is 16.0 Å². The highest BCUT2D eigenvalue weighted by atomic mass is 32.2. The van der Waals surface area contributed by atoms with E-state index in [1.165, 1.54) is 18.9 Å². The lowest BCUT2D eigenvalue weighted by atomic mass is 10.0. The van der Waals surface area contributed by atoms with Crippen molar-refractivity contribution in [1.29, 1.82) is 0 Å². The third-order valence-electron chi connectivity index (χ3n) is 5.04. The number of methoxy groups -OCH3 is 1. The first kappa shape index (κ1) is 31.3. The molecule has 0 radical (unpaired) electrons. The molecule has 0 fully saturated rings. The number of carbonyl (C=O) groups is 4. The molecule has 0 saturated heterocycles. The van der Waals surface area contributed by atoms with Crippen LogP contribution in [0.25, 0.3) is 0 Å². The molecule has 0 aliphatic heterocycles. The second-order valence-electron chi connectivity index (χ2n) is 9.95. The minimum Gasteiger partial charge on any atom is -0.467 e. The number of ether oxygens (including phenoxy) is 2. The molecule has 1 rings (SSSR count). The van der Waals surface area contributed by atoms with Gasteiger partial charge in [-0.1, -0.05) is 44.2 Å².